The molecular formula is C13H14F3NO2S. The Morgan fingerprint density at radius 3 is 2.70 bits per heavy atom. The van der Waals surface area contributed by atoms with Crippen LogP contribution in [0.4, 0.5) is 18.0 Å². The zero-order valence-corrected chi connectivity index (χ0v) is 11.3. The molecule has 0 unspecified atom stereocenters. The van der Waals surface area contributed by atoms with E-state index >= 15 is 0 Å². The van der Waals surface area contributed by atoms with Crippen molar-refractivity contribution in [1.82, 2.24) is 5.32 Å². The van der Waals surface area contributed by atoms with Crippen molar-refractivity contribution in [3.63, 3.8) is 0 Å². The smallest absolute Gasteiger partial charge is 0.416 e. The number of hydrogen-bond donors (Lipinski definition) is 2. The Kier molecular flexibility index (Phi) is 4.47. The van der Waals surface area contributed by atoms with Gasteiger partial charge in [0, 0.05) is 16.7 Å². The van der Waals surface area contributed by atoms with Crippen molar-refractivity contribution in [2.75, 3.05) is 5.75 Å². The fraction of sp³-hybridized carbons (Fsp3) is 0.462. The summed E-state index contributed by atoms with van der Waals surface area (Å²) in [7, 11) is 0. The minimum Gasteiger partial charge on any atom is -0.465 e. The zero-order valence-electron chi connectivity index (χ0n) is 10.5. The van der Waals surface area contributed by atoms with E-state index in [9.17, 15) is 18.0 Å². The molecule has 1 aliphatic rings. The van der Waals surface area contributed by atoms with Crippen LogP contribution in [-0.2, 0) is 6.18 Å². The lowest BCUT2D eigenvalue weighted by molar-refractivity contribution is -0.137. The van der Waals surface area contributed by atoms with Crippen molar-refractivity contribution < 1.29 is 23.1 Å². The average molecular weight is 305 g/mol. The van der Waals surface area contributed by atoms with Gasteiger partial charge in [-0.1, -0.05) is 6.07 Å². The molecule has 0 saturated heterocycles. The molecule has 7 heteroatoms. The summed E-state index contributed by atoms with van der Waals surface area (Å²) in [6.07, 6.45) is -3.85. The van der Waals surface area contributed by atoms with Crippen LogP contribution in [0.1, 0.15) is 18.4 Å². The third-order valence-corrected chi connectivity index (χ3v) is 4.44. The van der Waals surface area contributed by atoms with Crippen LogP contribution < -0.4 is 5.32 Å². The first-order chi connectivity index (χ1) is 9.34. The van der Waals surface area contributed by atoms with Crippen LogP contribution in [0, 0.1) is 5.92 Å². The van der Waals surface area contributed by atoms with Crippen LogP contribution >= 0.6 is 11.8 Å². The number of halogens is 3. The number of hydrogen-bond acceptors (Lipinski definition) is 2. The number of thioether (sulfide) groups is 1. The van der Waals surface area contributed by atoms with Gasteiger partial charge in [0.2, 0.25) is 0 Å². The lowest BCUT2D eigenvalue weighted by Gasteiger charge is -2.34. The SMILES string of the molecule is O=C(O)NC1CC(CSc2cccc(C(F)(F)F)c2)C1. The summed E-state index contributed by atoms with van der Waals surface area (Å²) in [5.74, 6) is 1.06. The zero-order chi connectivity index (χ0) is 14.8. The molecule has 1 fully saturated rings. The monoisotopic (exact) mass is 305 g/mol. The lowest BCUT2D eigenvalue weighted by Crippen LogP contribution is -2.44. The third-order valence-electron chi connectivity index (χ3n) is 3.21. The molecule has 1 aliphatic carbocycles. The number of benzene rings is 1. The molecule has 0 spiro atoms. The first-order valence-electron chi connectivity index (χ1n) is 6.14. The number of nitrogens with one attached hydrogen (secondary N) is 1. The first kappa shape index (κ1) is 15.0. The van der Waals surface area contributed by atoms with Crippen LogP contribution in [-0.4, -0.2) is 23.0 Å². The van der Waals surface area contributed by atoms with Crippen molar-refractivity contribution in [3.05, 3.63) is 29.8 Å². The highest BCUT2D eigenvalue weighted by molar-refractivity contribution is 7.99. The second kappa shape index (κ2) is 5.95. The summed E-state index contributed by atoms with van der Waals surface area (Å²) in [5.41, 5.74) is -0.637. The van der Waals surface area contributed by atoms with Gasteiger partial charge in [0.15, 0.2) is 0 Å². The van der Waals surface area contributed by atoms with Gasteiger partial charge in [0.25, 0.3) is 0 Å². The summed E-state index contributed by atoms with van der Waals surface area (Å²) in [5, 5.41) is 10.9. The molecule has 2 rings (SSSR count). The highest BCUT2D eigenvalue weighted by atomic mass is 32.2. The van der Waals surface area contributed by atoms with Crippen molar-refractivity contribution in [3.8, 4) is 0 Å². The third kappa shape index (κ3) is 4.06. The normalized spacial score (nSPS) is 22.1. The molecule has 1 aromatic carbocycles. The van der Waals surface area contributed by atoms with Crippen LogP contribution in [0.15, 0.2) is 29.2 Å². The van der Waals surface area contributed by atoms with Gasteiger partial charge in [-0.15, -0.1) is 11.8 Å². The fourth-order valence-corrected chi connectivity index (χ4v) is 3.23. The van der Waals surface area contributed by atoms with Crippen LogP contribution in [0.3, 0.4) is 0 Å². The Morgan fingerprint density at radius 2 is 2.10 bits per heavy atom. The van der Waals surface area contributed by atoms with E-state index in [1.54, 1.807) is 6.07 Å². The number of alkyl halides is 3. The first-order valence-corrected chi connectivity index (χ1v) is 7.12. The summed E-state index contributed by atoms with van der Waals surface area (Å²) in [6, 6.07) is 5.25. The Bertz CT molecular complexity index is 487. The molecule has 0 aromatic heterocycles. The standard InChI is InChI=1S/C13H14F3NO2S/c14-13(15,16)9-2-1-3-11(6-9)20-7-8-4-10(5-8)17-12(18)19/h1-3,6,8,10,17H,4-5,7H2,(H,18,19). The predicted molar refractivity (Wildman–Crippen MR) is 69.8 cm³/mol. The Morgan fingerprint density at radius 1 is 1.40 bits per heavy atom. The molecule has 0 aliphatic heterocycles. The van der Waals surface area contributed by atoms with Crippen molar-refractivity contribution in [1.29, 1.82) is 0 Å². The molecule has 20 heavy (non-hydrogen) atoms. The Labute approximate surface area is 118 Å². The fourth-order valence-electron chi connectivity index (χ4n) is 2.14. The van der Waals surface area contributed by atoms with Gasteiger partial charge >= 0.3 is 12.3 Å². The van der Waals surface area contributed by atoms with E-state index in [1.807, 2.05) is 0 Å². The maximum atomic E-state index is 12.5. The van der Waals surface area contributed by atoms with Gasteiger partial charge in [-0.2, -0.15) is 13.2 Å². The summed E-state index contributed by atoms with van der Waals surface area (Å²) < 4.78 is 37.6. The molecule has 3 nitrogen and oxygen atoms in total. The predicted octanol–water partition coefficient (Wildman–Crippen LogP) is 3.84. The van der Waals surface area contributed by atoms with Gasteiger partial charge in [-0.3, -0.25) is 0 Å². The Balaban J connectivity index is 1.80. The topological polar surface area (TPSA) is 49.3 Å². The highest BCUT2D eigenvalue weighted by Gasteiger charge is 2.32. The maximum Gasteiger partial charge on any atom is 0.416 e. The largest absolute Gasteiger partial charge is 0.465 e. The van der Waals surface area contributed by atoms with E-state index in [-0.39, 0.29) is 6.04 Å². The van der Waals surface area contributed by atoms with E-state index in [4.69, 9.17) is 5.11 Å². The molecular weight excluding hydrogens is 291 g/mol. The minimum absolute atomic E-state index is 0.0143. The molecule has 110 valence electrons. The van der Waals surface area contributed by atoms with E-state index in [0.717, 1.165) is 25.0 Å². The molecule has 0 radical (unpaired) electrons. The molecule has 1 aromatic rings. The van der Waals surface area contributed by atoms with Gasteiger partial charge in [0.05, 0.1) is 5.56 Å². The lowest BCUT2D eigenvalue weighted by atomic mass is 9.82. The molecule has 0 atom stereocenters. The van der Waals surface area contributed by atoms with E-state index in [1.165, 1.54) is 17.8 Å². The second-order valence-electron chi connectivity index (χ2n) is 4.82. The molecule has 1 amide bonds. The molecule has 0 bridgehead atoms. The van der Waals surface area contributed by atoms with Crippen molar-refractivity contribution in [2.24, 2.45) is 5.92 Å². The second-order valence-corrected chi connectivity index (χ2v) is 5.91. The number of amides is 1. The van der Waals surface area contributed by atoms with E-state index < -0.39 is 17.8 Å². The Hall–Kier alpha value is -1.37. The quantitative estimate of drug-likeness (QED) is 0.831. The van der Waals surface area contributed by atoms with Gasteiger partial charge < -0.3 is 10.4 Å². The van der Waals surface area contributed by atoms with Crippen LogP contribution in [0.5, 0.6) is 0 Å². The number of carbonyl (C=O) groups is 1. The maximum absolute atomic E-state index is 12.5. The minimum atomic E-state index is -4.32. The van der Waals surface area contributed by atoms with Crippen LogP contribution in [0.25, 0.3) is 0 Å². The van der Waals surface area contributed by atoms with Gasteiger partial charge in [-0.05, 0) is 37.0 Å². The van der Waals surface area contributed by atoms with Gasteiger partial charge in [-0.25, -0.2) is 4.79 Å². The van der Waals surface area contributed by atoms with E-state index in [0.29, 0.717) is 16.6 Å². The molecule has 0 heterocycles. The summed E-state index contributed by atoms with van der Waals surface area (Å²) in [6.45, 7) is 0. The number of carboxylic acid groups (broad SMARTS) is 1. The molecule has 1 saturated carbocycles. The summed E-state index contributed by atoms with van der Waals surface area (Å²) >= 11 is 1.38. The molecule has 2 N–H and O–H groups in total. The summed E-state index contributed by atoms with van der Waals surface area (Å²) in [4.78, 5) is 11.0. The average Bonchev–Trinajstić information content (AvgIpc) is 2.31. The van der Waals surface area contributed by atoms with Crippen molar-refractivity contribution >= 4 is 17.9 Å². The van der Waals surface area contributed by atoms with Gasteiger partial charge in [0.1, 0.15) is 0 Å². The van der Waals surface area contributed by atoms with Crippen molar-refractivity contribution in [2.45, 2.75) is 30.0 Å². The van der Waals surface area contributed by atoms with E-state index in [2.05, 4.69) is 5.32 Å². The number of rotatable bonds is 4. The highest BCUT2D eigenvalue weighted by Crippen LogP contribution is 2.35. The van der Waals surface area contributed by atoms with Crippen LogP contribution in [0.2, 0.25) is 0 Å².